The summed E-state index contributed by atoms with van der Waals surface area (Å²) in [5.41, 5.74) is 2.09. The smallest absolute Gasteiger partial charge is 0.338 e. The second-order valence-electron chi connectivity index (χ2n) is 7.71. The summed E-state index contributed by atoms with van der Waals surface area (Å²) in [6, 6.07) is 13.2. The van der Waals surface area contributed by atoms with Crippen LogP contribution in [0, 0.1) is 6.92 Å². The predicted molar refractivity (Wildman–Crippen MR) is 132 cm³/mol. The number of hydrogen-bond donors (Lipinski definition) is 1. The van der Waals surface area contributed by atoms with Crippen LogP contribution in [-0.2, 0) is 14.3 Å². The highest BCUT2D eigenvalue weighted by atomic mass is 32.2. The van der Waals surface area contributed by atoms with Crippen LogP contribution in [0.25, 0.3) is 0 Å². The highest BCUT2D eigenvalue weighted by Gasteiger charge is 2.32. The minimum absolute atomic E-state index is 0.0303. The number of carbonyl (C=O) groups is 4. The first-order valence-corrected chi connectivity index (χ1v) is 11.9. The second-order valence-corrected chi connectivity index (χ2v) is 8.88. The molecule has 0 bridgehead atoms. The van der Waals surface area contributed by atoms with E-state index in [0.717, 1.165) is 18.7 Å². The van der Waals surface area contributed by atoms with Gasteiger partial charge in [0.1, 0.15) is 5.25 Å². The molecule has 3 rings (SSSR count). The van der Waals surface area contributed by atoms with Crippen LogP contribution < -0.4 is 5.32 Å². The van der Waals surface area contributed by atoms with Crippen LogP contribution in [0.2, 0.25) is 0 Å². The van der Waals surface area contributed by atoms with Crippen LogP contribution in [0.3, 0.4) is 0 Å². The largest absolute Gasteiger partial charge is 0.454 e. The number of amides is 2. The van der Waals surface area contributed by atoms with E-state index in [1.165, 1.54) is 23.9 Å². The van der Waals surface area contributed by atoms with Crippen molar-refractivity contribution in [1.29, 1.82) is 0 Å². The number of carbonyl (C=O) groups excluding carboxylic acids is 4. The van der Waals surface area contributed by atoms with Gasteiger partial charge < -0.3 is 15.0 Å². The number of amidine groups is 1. The van der Waals surface area contributed by atoms with E-state index in [4.69, 9.17) is 4.74 Å². The normalized spacial score (nSPS) is 15.0. The van der Waals surface area contributed by atoms with Crippen molar-refractivity contribution in [2.75, 3.05) is 25.0 Å². The summed E-state index contributed by atoms with van der Waals surface area (Å²) in [5.74, 6) is -1.65. The minimum Gasteiger partial charge on any atom is -0.454 e. The Morgan fingerprint density at radius 1 is 1.06 bits per heavy atom. The third-order valence-corrected chi connectivity index (χ3v) is 6.44. The Labute approximate surface area is 202 Å². The molecule has 2 aromatic carbocycles. The zero-order valence-corrected chi connectivity index (χ0v) is 20.2. The summed E-state index contributed by atoms with van der Waals surface area (Å²) < 4.78 is 5.14. The maximum atomic E-state index is 12.5. The Morgan fingerprint density at radius 3 is 2.44 bits per heavy atom. The van der Waals surface area contributed by atoms with Gasteiger partial charge in [-0.25, -0.2) is 4.79 Å². The molecule has 0 aliphatic carbocycles. The Bertz CT molecular complexity index is 1110. The molecule has 1 heterocycles. The zero-order chi connectivity index (χ0) is 24.7. The van der Waals surface area contributed by atoms with E-state index in [0.29, 0.717) is 16.4 Å². The Kier molecular flexibility index (Phi) is 8.59. The molecule has 34 heavy (non-hydrogen) atoms. The van der Waals surface area contributed by atoms with Crippen LogP contribution in [0.5, 0.6) is 0 Å². The average Bonchev–Trinajstić information content (AvgIpc) is 3.18. The number of aryl methyl sites for hydroxylation is 1. The lowest BCUT2D eigenvalue weighted by Crippen LogP contribution is -2.27. The van der Waals surface area contributed by atoms with E-state index in [-0.39, 0.29) is 36.2 Å². The molecule has 1 atom stereocenters. The molecule has 9 heteroatoms. The van der Waals surface area contributed by atoms with Crippen LogP contribution in [-0.4, -0.2) is 58.6 Å². The number of thioether (sulfide) groups is 1. The number of nitrogens with zero attached hydrogens (tertiary/aromatic N) is 2. The van der Waals surface area contributed by atoms with E-state index in [1.54, 1.807) is 24.3 Å². The van der Waals surface area contributed by atoms with Gasteiger partial charge in [-0.2, -0.15) is 4.99 Å². The molecule has 0 saturated heterocycles. The molecule has 0 radical (unpaired) electrons. The lowest BCUT2D eigenvalue weighted by atomic mass is 10.1. The first-order chi connectivity index (χ1) is 16.3. The van der Waals surface area contributed by atoms with Crippen molar-refractivity contribution in [1.82, 2.24) is 4.90 Å². The maximum absolute atomic E-state index is 12.5. The molecule has 0 aromatic heterocycles. The van der Waals surface area contributed by atoms with Gasteiger partial charge in [-0.05, 0) is 39.0 Å². The summed E-state index contributed by atoms with van der Waals surface area (Å²) in [4.78, 5) is 55.4. The average molecular weight is 482 g/mol. The van der Waals surface area contributed by atoms with Gasteiger partial charge in [0.25, 0.3) is 5.91 Å². The van der Waals surface area contributed by atoms with Crippen LogP contribution in [0.15, 0.2) is 53.5 Å². The van der Waals surface area contributed by atoms with Crippen molar-refractivity contribution in [2.24, 2.45) is 4.99 Å². The number of anilines is 1. The molecule has 0 fully saturated rings. The number of rotatable bonds is 9. The van der Waals surface area contributed by atoms with Crippen molar-refractivity contribution in [3.8, 4) is 0 Å². The summed E-state index contributed by atoms with van der Waals surface area (Å²) in [7, 11) is 0. The lowest BCUT2D eigenvalue weighted by Gasteiger charge is -2.19. The molecular formula is C25H27N3O5S. The number of hydrogen-bond acceptors (Lipinski definition) is 7. The van der Waals surface area contributed by atoms with Crippen molar-refractivity contribution in [3.63, 3.8) is 0 Å². The van der Waals surface area contributed by atoms with Gasteiger partial charge in [-0.15, -0.1) is 0 Å². The number of aliphatic imine (C=N–C) groups is 1. The van der Waals surface area contributed by atoms with E-state index >= 15 is 0 Å². The van der Waals surface area contributed by atoms with Crippen LogP contribution in [0.1, 0.15) is 46.5 Å². The monoisotopic (exact) mass is 481 g/mol. The zero-order valence-electron chi connectivity index (χ0n) is 19.4. The number of nitrogens with one attached hydrogen (secondary N) is 1. The summed E-state index contributed by atoms with van der Waals surface area (Å²) in [6.45, 7) is 6.96. The molecule has 0 spiro atoms. The Morgan fingerprint density at radius 2 is 1.76 bits per heavy atom. The van der Waals surface area contributed by atoms with Crippen molar-refractivity contribution >= 4 is 46.2 Å². The molecular weight excluding hydrogens is 454 g/mol. The fourth-order valence-corrected chi connectivity index (χ4v) is 4.47. The van der Waals surface area contributed by atoms with Gasteiger partial charge in [0.2, 0.25) is 5.91 Å². The quantitative estimate of drug-likeness (QED) is 0.430. The van der Waals surface area contributed by atoms with Crippen molar-refractivity contribution in [2.45, 2.75) is 32.4 Å². The number of benzene rings is 2. The first kappa shape index (κ1) is 25.2. The van der Waals surface area contributed by atoms with Gasteiger partial charge in [0.05, 0.1) is 5.56 Å². The van der Waals surface area contributed by atoms with Crippen molar-refractivity contribution < 1.29 is 23.9 Å². The molecule has 2 amide bonds. The number of ketones is 1. The molecule has 8 nitrogen and oxygen atoms in total. The minimum atomic E-state index is -0.671. The summed E-state index contributed by atoms with van der Waals surface area (Å²) >= 11 is 1.29. The standard InChI is InChI=1S/C25H27N3O5S/c1-4-28(5-2)25-27-23(31)21(34-25)14-22(30)26-19-8-6-7-18(13-19)24(32)33-15-20(29)17-11-9-16(3)10-12-17/h6-13,21H,4-5,14-15H2,1-3H3,(H,26,30). The van der Waals surface area contributed by atoms with Crippen molar-refractivity contribution in [3.05, 3.63) is 65.2 Å². The van der Waals surface area contributed by atoms with Gasteiger partial charge in [0.15, 0.2) is 17.6 Å². The van der Waals surface area contributed by atoms with Crippen LogP contribution in [0.4, 0.5) is 5.69 Å². The molecule has 1 aliphatic rings. The predicted octanol–water partition coefficient (Wildman–Crippen LogP) is 3.70. The van der Waals surface area contributed by atoms with E-state index < -0.39 is 11.2 Å². The Balaban J connectivity index is 1.53. The second kappa shape index (κ2) is 11.6. The molecule has 178 valence electrons. The molecule has 0 saturated carbocycles. The SMILES string of the molecule is CCN(CC)C1=NC(=O)C(CC(=O)Nc2cccc(C(=O)OCC(=O)c3ccc(C)cc3)c2)S1. The number of ether oxygens (including phenoxy) is 1. The van der Waals surface area contributed by atoms with E-state index in [2.05, 4.69) is 10.3 Å². The van der Waals surface area contributed by atoms with E-state index in [1.807, 2.05) is 37.8 Å². The van der Waals surface area contributed by atoms with Gasteiger partial charge in [0, 0.05) is 30.8 Å². The highest BCUT2D eigenvalue weighted by molar-refractivity contribution is 8.15. The summed E-state index contributed by atoms with van der Waals surface area (Å²) in [6.07, 6.45) is -0.0303. The first-order valence-electron chi connectivity index (χ1n) is 11.0. The molecule has 1 N–H and O–H groups in total. The maximum Gasteiger partial charge on any atom is 0.338 e. The number of esters is 1. The molecule has 2 aromatic rings. The Hall–Kier alpha value is -3.46. The van der Waals surface area contributed by atoms with Gasteiger partial charge >= 0.3 is 5.97 Å². The summed E-state index contributed by atoms with van der Waals surface area (Å²) in [5, 5.41) is 2.77. The fraction of sp³-hybridized carbons (Fsp3) is 0.320. The van der Waals surface area contributed by atoms with Crippen LogP contribution >= 0.6 is 11.8 Å². The fourth-order valence-electron chi connectivity index (χ4n) is 3.28. The lowest BCUT2D eigenvalue weighted by molar-refractivity contribution is -0.121. The topological polar surface area (TPSA) is 105 Å². The van der Waals surface area contributed by atoms with E-state index in [9.17, 15) is 19.2 Å². The number of Topliss-reactive ketones (excluding diaryl/α,β-unsaturated/α-hetero) is 1. The van der Waals surface area contributed by atoms with Gasteiger partial charge in [-0.1, -0.05) is 47.7 Å². The molecule has 1 aliphatic heterocycles. The molecule has 1 unspecified atom stereocenters. The third kappa shape index (κ3) is 6.54. The van der Waals surface area contributed by atoms with Gasteiger partial charge in [-0.3, -0.25) is 14.4 Å². The highest BCUT2D eigenvalue weighted by Crippen LogP contribution is 2.27. The third-order valence-electron chi connectivity index (χ3n) is 5.22.